The molecule has 1 fully saturated rings. The molecule has 160 valence electrons. The zero-order chi connectivity index (χ0) is 21.7. The quantitative estimate of drug-likeness (QED) is 0.392. The Labute approximate surface area is 194 Å². The van der Waals surface area contributed by atoms with Gasteiger partial charge in [-0.05, 0) is 62.1 Å². The number of carbonyl (C=O) groups excluding carboxylic acids is 2. The lowest BCUT2D eigenvalue weighted by molar-refractivity contribution is 0.233. The van der Waals surface area contributed by atoms with Gasteiger partial charge in [0.2, 0.25) is 0 Å². The molecule has 1 aliphatic carbocycles. The smallest absolute Gasteiger partial charge is 0.319 e. The van der Waals surface area contributed by atoms with E-state index in [1.807, 2.05) is 0 Å². The summed E-state index contributed by atoms with van der Waals surface area (Å²) in [6.45, 7) is 0. The molecule has 6 nitrogen and oxygen atoms in total. The maximum absolute atomic E-state index is 12.2. The molecule has 0 atom stereocenters. The largest absolute Gasteiger partial charge is 0.335 e. The minimum absolute atomic E-state index is 0.0208. The van der Waals surface area contributed by atoms with Crippen LogP contribution < -0.4 is 21.3 Å². The van der Waals surface area contributed by atoms with Crippen molar-refractivity contribution in [2.24, 2.45) is 0 Å². The summed E-state index contributed by atoms with van der Waals surface area (Å²) < 4.78 is 0. The minimum Gasteiger partial charge on any atom is -0.335 e. The van der Waals surface area contributed by atoms with Crippen molar-refractivity contribution in [1.82, 2.24) is 10.6 Å². The van der Waals surface area contributed by atoms with Gasteiger partial charge in [0.05, 0.1) is 0 Å². The number of hydrogen-bond acceptors (Lipinski definition) is 2. The van der Waals surface area contributed by atoms with Crippen molar-refractivity contribution in [2.45, 2.75) is 37.8 Å². The van der Waals surface area contributed by atoms with Gasteiger partial charge in [0, 0.05) is 43.5 Å². The SMILES string of the molecule is O=C(Nc1cc(Cl)cc(Cl)c1)NC1CCC(NC(=O)Nc2cc(Cl)cc(Cl)c2)CC1. The van der Waals surface area contributed by atoms with Crippen LogP contribution in [0, 0.1) is 0 Å². The van der Waals surface area contributed by atoms with E-state index < -0.39 is 0 Å². The van der Waals surface area contributed by atoms with Crippen LogP contribution >= 0.6 is 46.4 Å². The minimum atomic E-state index is -0.319. The fraction of sp³-hybridized carbons (Fsp3) is 0.300. The third kappa shape index (κ3) is 7.13. The van der Waals surface area contributed by atoms with E-state index >= 15 is 0 Å². The fourth-order valence-corrected chi connectivity index (χ4v) is 4.39. The van der Waals surface area contributed by atoms with E-state index in [1.54, 1.807) is 36.4 Å². The van der Waals surface area contributed by atoms with Crippen molar-refractivity contribution in [3.8, 4) is 0 Å². The van der Waals surface area contributed by atoms with Crippen LogP contribution in [0.15, 0.2) is 36.4 Å². The van der Waals surface area contributed by atoms with Gasteiger partial charge in [-0.15, -0.1) is 0 Å². The fourth-order valence-electron chi connectivity index (χ4n) is 3.34. The topological polar surface area (TPSA) is 82.3 Å². The lowest BCUT2D eigenvalue weighted by atomic mass is 9.91. The molecule has 0 spiro atoms. The van der Waals surface area contributed by atoms with Gasteiger partial charge >= 0.3 is 12.1 Å². The lowest BCUT2D eigenvalue weighted by Crippen LogP contribution is -2.45. The summed E-state index contributed by atoms with van der Waals surface area (Å²) in [7, 11) is 0. The Morgan fingerprint density at radius 3 is 1.20 bits per heavy atom. The van der Waals surface area contributed by atoms with Crippen LogP contribution in [0.4, 0.5) is 21.0 Å². The average Bonchev–Trinajstić information content (AvgIpc) is 2.61. The van der Waals surface area contributed by atoms with Crippen LogP contribution in [-0.2, 0) is 0 Å². The van der Waals surface area contributed by atoms with E-state index in [9.17, 15) is 9.59 Å². The Kier molecular flexibility index (Phi) is 7.94. The van der Waals surface area contributed by atoms with Gasteiger partial charge in [0.25, 0.3) is 0 Å². The van der Waals surface area contributed by atoms with Gasteiger partial charge < -0.3 is 21.3 Å². The van der Waals surface area contributed by atoms with Crippen molar-refractivity contribution in [2.75, 3.05) is 10.6 Å². The molecule has 2 aromatic carbocycles. The van der Waals surface area contributed by atoms with Crippen molar-refractivity contribution in [3.05, 3.63) is 56.5 Å². The highest BCUT2D eigenvalue weighted by molar-refractivity contribution is 6.35. The van der Waals surface area contributed by atoms with Crippen LogP contribution in [0.3, 0.4) is 0 Å². The predicted octanol–water partition coefficient (Wildman–Crippen LogP) is 6.55. The number of carbonyl (C=O) groups is 2. The predicted molar refractivity (Wildman–Crippen MR) is 123 cm³/mol. The summed E-state index contributed by atoms with van der Waals surface area (Å²) in [6.07, 6.45) is 2.99. The maximum atomic E-state index is 12.2. The summed E-state index contributed by atoms with van der Waals surface area (Å²) in [5.74, 6) is 0. The Hall–Kier alpha value is -1.86. The summed E-state index contributed by atoms with van der Waals surface area (Å²) in [5, 5.41) is 13.1. The van der Waals surface area contributed by atoms with E-state index in [4.69, 9.17) is 46.4 Å². The molecule has 10 heteroatoms. The zero-order valence-corrected chi connectivity index (χ0v) is 18.8. The van der Waals surface area contributed by atoms with Crippen molar-refractivity contribution >= 4 is 69.8 Å². The van der Waals surface area contributed by atoms with Crippen molar-refractivity contribution in [3.63, 3.8) is 0 Å². The number of anilines is 2. The Morgan fingerprint density at radius 2 is 0.900 bits per heavy atom. The number of benzene rings is 2. The van der Waals surface area contributed by atoms with Crippen LogP contribution in [0.1, 0.15) is 25.7 Å². The standard InChI is InChI=1S/C20H20Cl4N4O2/c21-11-5-12(22)8-17(7-11)27-19(29)25-15-1-2-16(4-3-15)26-20(30)28-18-9-13(23)6-14(24)10-18/h5-10,15-16H,1-4H2,(H2,25,27,29)(H2,26,28,30). The van der Waals surface area contributed by atoms with Crippen molar-refractivity contribution < 1.29 is 9.59 Å². The molecule has 1 saturated carbocycles. The molecule has 0 aliphatic heterocycles. The molecule has 0 unspecified atom stereocenters. The van der Waals surface area contributed by atoms with E-state index in [0.717, 1.165) is 25.7 Å². The van der Waals surface area contributed by atoms with Gasteiger partial charge in [0.1, 0.15) is 0 Å². The summed E-state index contributed by atoms with van der Waals surface area (Å²) >= 11 is 23.8. The molecule has 2 aromatic rings. The van der Waals surface area contributed by atoms with E-state index in [-0.39, 0.29) is 24.1 Å². The number of rotatable bonds is 4. The molecule has 0 bridgehead atoms. The monoisotopic (exact) mass is 488 g/mol. The highest BCUT2D eigenvalue weighted by Crippen LogP contribution is 2.24. The van der Waals surface area contributed by atoms with Gasteiger partial charge in [-0.3, -0.25) is 0 Å². The molecule has 30 heavy (non-hydrogen) atoms. The maximum Gasteiger partial charge on any atom is 0.319 e. The molecular formula is C20H20Cl4N4O2. The second kappa shape index (κ2) is 10.4. The Morgan fingerprint density at radius 1 is 0.600 bits per heavy atom. The Balaban J connectivity index is 1.42. The summed E-state index contributed by atoms with van der Waals surface area (Å²) in [4.78, 5) is 24.4. The molecular weight excluding hydrogens is 470 g/mol. The second-order valence-corrected chi connectivity index (χ2v) is 8.81. The first-order valence-electron chi connectivity index (χ1n) is 9.34. The molecule has 0 radical (unpaired) electrons. The van der Waals surface area contributed by atoms with Gasteiger partial charge in [-0.25, -0.2) is 9.59 Å². The first-order valence-corrected chi connectivity index (χ1v) is 10.9. The number of amides is 4. The van der Waals surface area contributed by atoms with Gasteiger partial charge in [-0.1, -0.05) is 46.4 Å². The molecule has 4 amide bonds. The summed E-state index contributed by atoms with van der Waals surface area (Å²) in [6, 6.07) is 9.09. The van der Waals surface area contributed by atoms with Crippen molar-refractivity contribution in [1.29, 1.82) is 0 Å². The number of halogens is 4. The third-order valence-corrected chi connectivity index (χ3v) is 5.51. The normalized spacial score (nSPS) is 18.4. The second-order valence-electron chi connectivity index (χ2n) is 7.06. The van der Waals surface area contributed by atoms with Crippen LogP contribution in [0.5, 0.6) is 0 Å². The summed E-state index contributed by atoms with van der Waals surface area (Å²) in [5.41, 5.74) is 1.05. The van der Waals surface area contributed by atoms with Crippen LogP contribution in [-0.4, -0.2) is 24.1 Å². The highest BCUT2D eigenvalue weighted by atomic mass is 35.5. The Bertz CT molecular complexity index is 817. The van der Waals surface area contributed by atoms with E-state index in [2.05, 4.69) is 21.3 Å². The number of nitrogens with one attached hydrogen (secondary N) is 4. The molecule has 0 aromatic heterocycles. The zero-order valence-electron chi connectivity index (χ0n) is 15.8. The first-order chi connectivity index (χ1) is 14.3. The molecule has 0 saturated heterocycles. The van der Waals surface area contributed by atoms with Crippen LogP contribution in [0.2, 0.25) is 20.1 Å². The average molecular weight is 490 g/mol. The first kappa shape index (κ1) is 22.8. The lowest BCUT2D eigenvalue weighted by Gasteiger charge is -2.29. The van der Waals surface area contributed by atoms with Gasteiger partial charge in [0.15, 0.2) is 0 Å². The van der Waals surface area contributed by atoms with E-state index in [0.29, 0.717) is 31.5 Å². The number of hydrogen-bond donors (Lipinski definition) is 4. The molecule has 0 heterocycles. The van der Waals surface area contributed by atoms with Gasteiger partial charge in [-0.2, -0.15) is 0 Å². The molecule has 3 rings (SSSR count). The molecule has 1 aliphatic rings. The molecule has 4 N–H and O–H groups in total. The van der Waals surface area contributed by atoms with Crippen LogP contribution in [0.25, 0.3) is 0 Å². The van der Waals surface area contributed by atoms with E-state index in [1.165, 1.54) is 0 Å². The highest BCUT2D eigenvalue weighted by Gasteiger charge is 2.23. The third-order valence-electron chi connectivity index (χ3n) is 4.64. The number of urea groups is 2.